The number of rotatable bonds is 6. The van der Waals surface area contributed by atoms with Crippen LogP contribution in [0.2, 0.25) is 0 Å². The molecule has 2 aromatic rings. The number of amides is 3. The molecule has 3 rings (SSSR count). The molecule has 1 aliphatic heterocycles. The fourth-order valence-corrected chi connectivity index (χ4v) is 3.38. The van der Waals surface area contributed by atoms with E-state index in [1.807, 2.05) is 44.2 Å². The number of carbonyl (C=O) groups is 3. The van der Waals surface area contributed by atoms with Crippen LogP contribution >= 0.6 is 0 Å². The van der Waals surface area contributed by atoms with E-state index in [4.69, 9.17) is 0 Å². The van der Waals surface area contributed by atoms with Gasteiger partial charge in [-0.1, -0.05) is 18.2 Å². The summed E-state index contributed by atoms with van der Waals surface area (Å²) in [7, 11) is 0. The summed E-state index contributed by atoms with van der Waals surface area (Å²) in [5, 5.41) is 2.81. The maximum atomic E-state index is 12.6. The summed E-state index contributed by atoms with van der Waals surface area (Å²) in [5.74, 6) is -0.468. The summed E-state index contributed by atoms with van der Waals surface area (Å²) >= 11 is 0. The molecule has 2 aromatic carbocycles. The molecule has 1 atom stereocenters. The summed E-state index contributed by atoms with van der Waals surface area (Å²) in [4.78, 5) is 40.9. The van der Waals surface area contributed by atoms with E-state index in [9.17, 15) is 14.4 Å². The lowest BCUT2D eigenvalue weighted by molar-refractivity contribution is -0.118. The highest BCUT2D eigenvalue weighted by Crippen LogP contribution is 2.21. The molecule has 0 bridgehead atoms. The summed E-state index contributed by atoms with van der Waals surface area (Å²) in [6.45, 7) is 5.71. The van der Waals surface area contributed by atoms with Crippen LogP contribution in [0.5, 0.6) is 0 Å². The van der Waals surface area contributed by atoms with Crippen molar-refractivity contribution >= 4 is 23.4 Å². The average molecular weight is 379 g/mol. The number of para-hydroxylation sites is 1. The summed E-state index contributed by atoms with van der Waals surface area (Å²) in [6, 6.07) is 15.5. The minimum absolute atomic E-state index is 0.0542. The van der Waals surface area contributed by atoms with E-state index < -0.39 is 6.04 Å². The fraction of sp³-hybridized carbons (Fsp3) is 0.318. The van der Waals surface area contributed by atoms with Crippen LogP contribution in [0.3, 0.4) is 0 Å². The van der Waals surface area contributed by atoms with Crippen molar-refractivity contribution < 1.29 is 14.4 Å². The molecule has 0 aliphatic carbocycles. The quantitative estimate of drug-likeness (QED) is 0.839. The van der Waals surface area contributed by atoms with E-state index >= 15 is 0 Å². The Kier molecular flexibility index (Phi) is 6.09. The number of nitrogens with zero attached hydrogens (tertiary/aromatic N) is 2. The molecular weight excluding hydrogens is 354 g/mol. The normalized spacial score (nSPS) is 16.1. The molecular formula is C22H25N3O3. The molecule has 6 heteroatoms. The summed E-state index contributed by atoms with van der Waals surface area (Å²) < 4.78 is 0. The lowest BCUT2D eigenvalue weighted by Crippen LogP contribution is -2.41. The molecule has 1 heterocycles. The minimum atomic E-state index is -0.537. The van der Waals surface area contributed by atoms with Gasteiger partial charge in [-0.2, -0.15) is 0 Å². The van der Waals surface area contributed by atoms with Gasteiger partial charge in [0.05, 0.1) is 0 Å². The van der Waals surface area contributed by atoms with E-state index in [2.05, 4.69) is 5.32 Å². The van der Waals surface area contributed by atoms with Gasteiger partial charge in [0.25, 0.3) is 11.8 Å². The molecule has 1 unspecified atom stereocenters. The molecule has 28 heavy (non-hydrogen) atoms. The Balaban J connectivity index is 1.64. The number of benzene rings is 2. The first-order chi connectivity index (χ1) is 13.5. The zero-order valence-electron chi connectivity index (χ0n) is 16.2. The van der Waals surface area contributed by atoms with Crippen LogP contribution in [0.4, 0.5) is 5.69 Å². The second-order valence-corrected chi connectivity index (χ2v) is 6.69. The Bertz CT molecular complexity index is 845. The van der Waals surface area contributed by atoms with Crippen LogP contribution in [-0.2, 0) is 4.79 Å². The van der Waals surface area contributed by atoms with E-state index in [1.165, 1.54) is 0 Å². The van der Waals surface area contributed by atoms with Gasteiger partial charge in [-0.15, -0.1) is 0 Å². The Morgan fingerprint density at radius 3 is 2.21 bits per heavy atom. The van der Waals surface area contributed by atoms with Crippen molar-refractivity contribution in [1.29, 1.82) is 0 Å². The monoisotopic (exact) mass is 379 g/mol. The van der Waals surface area contributed by atoms with Crippen LogP contribution < -0.4 is 10.2 Å². The zero-order chi connectivity index (χ0) is 20.1. The molecule has 1 fully saturated rings. The van der Waals surface area contributed by atoms with Crippen molar-refractivity contribution in [3.8, 4) is 0 Å². The third-order valence-corrected chi connectivity index (χ3v) is 5.02. The first-order valence-electron chi connectivity index (χ1n) is 9.61. The molecule has 3 amide bonds. The molecule has 0 saturated carbocycles. The number of hydrogen-bond acceptors (Lipinski definition) is 3. The number of carbonyl (C=O) groups excluding carboxylic acids is 3. The summed E-state index contributed by atoms with van der Waals surface area (Å²) in [5.41, 5.74) is 1.82. The van der Waals surface area contributed by atoms with Gasteiger partial charge in [-0.05, 0) is 56.7 Å². The van der Waals surface area contributed by atoms with Crippen molar-refractivity contribution in [3.05, 3.63) is 65.7 Å². The van der Waals surface area contributed by atoms with Crippen molar-refractivity contribution in [2.75, 3.05) is 24.5 Å². The van der Waals surface area contributed by atoms with Gasteiger partial charge in [0.1, 0.15) is 6.04 Å². The zero-order valence-corrected chi connectivity index (χ0v) is 16.2. The highest BCUT2D eigenvalue weighted by atomic mass is 16.2. The van der Waals surface area contributed by atoms with Crippen LogP contribution in [-0.4, -0.2) is 48.3 Å². The van der Waals surface area contributed by atoms with Gasteiger partial charge in [0.2, 0.25) is 5.91 Å². The highest BCUT2D eigenvalue weighted by molar-refractivity contribution is 6.04. The van der Waals surface area contributed by atoms with Gasteiger partial charge in [0.15, 0.2) is 0 Å². The van der Waals surface area contributed by atoms with Crippen LogP contribution in [0.1, 0.15) is 41.0 Å². The third-order valence-electron chi connectivity index (χ3n) is 5.02. The second-order valence-electron chi connectivity index (χ2n) is 6.69. The van der Waals surface area contributed by atoms with Crippen molar-refractivity contribution in [1.82, 2.24) is 10.2 Å². The maximum Gasteiger partial charge on any atom is 0.253 e. The molecule has 0 spiro atoms. The smallest absolute Gasteiger partial charge is 0.253 e. The number of anilines is 1. The largest absolute Gasteiger partial charge is 0.340 e. The van der Waals surface area contributed by atoms with Crippen LogP contribution in [0.15, 0.2) is 54.6 Å². The van der Waals surface area contributed by atoms with E-state index in [0.717, 1.165) is 5.69 Å². The van der Waals surface area contributed by atoms with Gasteiger partial charge < -0.3 is 15.1 Å². The lowest BCUT2D eigenvalue weighted by Gasteiger charge is -2.19. The molecule has 6 nitrogen and oxygen atoms in total. The second kappa shape index (κ2) is 8.69. The predicted octanol–water partition coefficient (Wildman–Crippen LogP) is 2.70. The molecule has 146 valence electrons. The summed E-state index contributed by atoms with van der Waals surface area (Å²) in [6.07, 6.45) is 0.567. The molecule has 0 aromatic heterocycles. The Morgan fingerprint density at radius 2 is 1.61 bits per heavy atom. The Labute approximate surface area is 165 Å². The first kappa shape index (κ1) is 19.6. The van der Waals surface area contributed by atoms with Gasteiger partial charge >= 0.3 is 0 Å². The van der Waals surface area contributed by atoms with Crippen molar-refractivity contribution in [3.63, 3.8) is 0 Å². The lowest BCUT2D eigenvalue weighted by atomic mass is 10.1. The van der Waals surface area contributed by atoms with Crippen LogP contribution in [0.25, 0.3) is 0 Å². The molecule has 1 aliphatic rings. The molecule has 1 N–H and O–H groups in total. The SMILES string of the molecule is CCN(CC)C(=O)c1ccc(C(=O)NC2CCN(c3ccccc3)C2=O)cc1. The van der Waals surface area contributed by atoms with Gasteiger partial charge in [-0.3, -0.25) is 14.4 Å². The highest BCUT2D eigenvalue weighted by Gasteiger charge is 2.33. The van der Waals surface area contributed by atoms with Crippen molar-refractivity contribution in [2.24, 2.45) is 0 Å². The Morgan fingerprint density at radius 1 is 1.00 bits per heavy atom. The van der Waals surface area contributed by atoms with Gasteiger partial charge in [-0.25, -0.2) is 0 Å². The fourth-order valence-electron chi connectivity index (χ4n) is 3.38. The van der Waals surface area contributed by atoms with E-state index in [1.54, 1.807) is 34.1 Å². The van der Waals surface area contributed by atoms with Crippen molar-refractivity contribution in [2.45, 2.75) is 26.3 Å². The predicted molar refractivity (Wildman–Crippen MR) is 108 cm³/mol. The molecule has 0 radical (unpaired) electrons. The maximum absolute atomic E-state index is 12.6. The minimum Gasteiger partial charge on any atom is -0.340 e. The number of nitrogens with one attached hydrogen (secondary N) is 1. The Hall–Kier alpha value is -3.15. The number of hydrogen-bond donors (Lipinski definition) is 1. The average Bonchev–Trinajstić information content (AvgIpc) is 3.09. The third kappa shape index (κ3) is 4.06. The topological polar surface area (TPSA) is 69.7 Å². The molecule has 1 saturated heterocycles. The van der Waals surface area contributed by atoms with Crippen LogP contribution in [0, 0.1) is 0 Å². The van der Waals surface area contributed by atoms with E-state index in [0.29, 0.717) is 37.2 Å². The standard InChI is InChI=1S/C22H25N3O3/c1-3-24(4-2)21(27)17-12-10-16(11-13-17)20(26)23-19-14-15-25(22(19)28)18-8-6-5-7-9-18/h5-13,19H,3-4,14-15H2,1-2H3,(H,23,26). The van der Waals surface area contributed by atoms with E-state index in [-0.39, 0.29) is 17.7 Å². The van der Waals surface area contributed by atoms with Gasteiger partial charge in [0, 0.05) is 36.4 Å². The first-order valence-corrected chi connectivity index (χ1v) is 9.61.